The number of rotatable bonds is 13. The van der Waals surface area contributed by atoms with Gasteiger partial charge in [0, 0.05) is 19.5 Å². The molecule has 1 aliphatic rings. The van der Waals surface area contributed by atoms with Crippen LogP contribution in [0.15, 0.2) is 54.6 Å². The SMILES string of the molecule is N.O=C(CCCCc1cccc(OCCCCc2ccccc2)c1)N1CC(OP(=O)(O)O)C1. The maximum Gasteiger partial charge on any atom is 0.469 e. The number of benzene rings is 2. The molecule has 0 saturated carbocycles. The number of hydrogen-bond donors (Lipinski definition) is 3. The van der Waals surface area contributed by atoms with Crippen LogP contribution in [0.4, 0.5) is 0 Å². The van der Waals surface area contributed by atoms with Gasteiger partial charge in [0.25, 0.3) is 0 Å². The second kappa shape index (κ2) is 13.5. The zero-order valence-electron chi connectivity index (χ0n) is 19.0. The lowest BCUT2D eigenvalue weighted by Crippen LogP contribution is -2.54. The normalized spacial score (nSPS) is 13.8. The number of aryl methyl sites for hydroxylation is 2. The predicted octanol–water partition coefficient (Wildman–Crippen LogP) is 4.28. The van der Waals surface area contributed by atoms with E-state index < -0.39 is 13.9 Å². The van der Waals surface area contributed by atoms with Gasteiger partial charge in [0.15, 0.2) is 0 Å². The summed E-state index contributed by atoms with van der Waals surface area (Å²) in [5.74, 6) is 0.887. The Hall–Kier alpha value is -2.22. The molecule has 1 amide bonds. The van der Waals surface area contributed by atoms with E-state index in [0.717, 1.165) is 44.3 Å². The lowest BCUT2D eigenvalue weighted by molar-refractivity contribution is -0.140. The van der Waals surface area contributed by atoms with Gasteiger partial charge in [-0.1, -0.05) is 42.5 Å². The first kappa shape index (κ1) is 27.0. The van der Waals surface area contributed by atoms with Gasteiger partial charge in [0.1, 0.15) is 11.9 Å². The van der Waals surface area contributed by atoms with Crippen LogP contribution in [0.2, 0.25) is 0 Å². The molecule has 182 valence electrons. The Bertz CT molecular complexity index is 899. The average Bonchev–Trinajstić information content (AvgIpc) is 2.73. The monoisotopic (exact) mass is 478 g/mol. The first-order chi connectivity index (χ1) is 15.4. The molecular weight excluding hydrogens is 443 g/mol. The van der Waals surface area contributed by atoms with Crippen molar-refractivity contribution in [3.63, 3.8) is 0 Å². The fourth-order valence-electron chi connectivity index (χ4n) is 3.72. The standard InChI is InChI=1S/C24H32NO6P.H3N/c26-24(25-18-23(19-25)31-32(27,28)29)15-5-4-12-21-13-8-14-22(17-21)30-16-7-6-11-20-9-2-1-3-10-20;/h1-3,8-10,13-14,17,23H,4-7,11-12,15-16,18-19H2,(H2,27,28,29);1H3. The quantitative estimate of drug-likeness (QED) is 0.289. The third kappa shape index (κ3) is 10.1. The van der Waals surface area contributed by atoms with Crippen molar-refractivity contribution < 1.29 is 28.4 Å². The van der Waals surface area contributed by atoms with Gasteiger partial charge in [-0.05, 0) is 61.8 Å². The Balaban J connectivity index is 0.00000385. The lowest BCUT2D eigenvalue weighted by Gasteiger charge is -2.38. The van der Waals surface area contributed by atoms with Gasteiger partial charge < -0.3 is 25.6 Å². The maximum absolute atomic E-state index is 12.1. The van der Waals surface area contributed by atoms with Crippen LogP contribution < -0.4 is 10.9 Å². The minimum Gasteiger partial charge on any atom is -0.494 e. The Morgan fingerprint density at radius 1 is 0.939 bits per heavy atom. The summed E-state index contributed by atoms with van der Waals surface area (Å²) < 4.78 is 21.3. The van der Waals surface area contributed by atoms with E-state index in [1.54, 1.807) is 4.90 Å². The number of ether oxygens (including phenoxy) is 1. The van der Waals surface area contributed by atoms with E-state index in [1.807, 2.05) is 18.2 Å². The van der Waals surface area contributed by atoms with Crippen molar-refractivity contribution >= 4 is 13.7 Å². The fourth-order valence-corrected chi connectivity index (χ4v) is 4.24. The predicted molar refractivity (Wildman–Crippen MR) is 127 cm³/mol. The molecule has 0 aromatic heterocycles. The van der Waals surface area contributed by atoms with Gasteiger partial charge in [-0.15, -0.1) is 0 Å². The molecule has 0 unspecified atom stereocenters. The van der Waals surface area contributed by atoms with Crippen molar-refractivity contribution in [3.05, 3.63) is 65.7 Å². The van der Waals surface area contributed by atoms with Gasteiger partial charge in [0.05, 0.1) is 6.61 Å². The number of phosphoric acid groups is 1. The van der Waals surface area contributed by atoms with Crippen LogP contribution in [0.1, 0.15) is 43.2 Å². The molecule has 1 saturated heterocycles. The van der Waals surface area contributed by atoms with Gasteiger partial charge in [-0.3, -0.25) is 9.32 Å². The molecule has 1 heterocycles. The summed E-state index contributed by atoms with van der Waals surface area (Å²) in [5, 5.41) is 0. The number of carbonyl (C=O) groups excluding carboxylic acids is 1. The van der Waals surface area contributed by atoms with Gasteiger partial charge in [0.2, 0.25) is 5.91 Å². The number of likely N-dealkylation sites (tertiary alicyclic amines) is 1. The molecule has 2 aromatic carbocycles. The largest absolute Gasteiger partial charge is 0.494 e. The molecule has 1 aliphatic heterocycles. The van der Waals surface area contributed by atoms with E-state index in [9.17, 15) is 9.36 Å². The molecule has 0 aliphatic carbocycles. The second-order valence-corrected chi connectivity index (χ2v) is 9.35. The number of unbranched alkanes of at least 4 members (excludes halogenated alkanes) is 2. The number of phosphoric ester groups is 1. The highest BCUT2D eigenvalue weighted by Crippen LogP contribution is 2.39. The van der Waals surface area contributed by atoms with E-state index >= 15 is 0 Å². The topological polar surface area (TPSA) is 131 Å². The van der Waals surface area contributed by atoms with Gasteiger partial charge in [-0.25, -0.2) is 4.57 Å². The van der Waals surface area contributed by atoms with Crippen molar-refractivity contribution in [2.45, 2.75) is 51.0 Å². The van der Waals surface area contributed by atoms with E-state index in [1.165, 1.54) is 11.1 Å². The molecule has 2 aromatic rings. The van der Waals surface area contributed by atoms with Crippen molar-refractivity contribution in [3.8, 4) is 5.75 Å². The minimum absolute atomic E-state index is 0. The number of hydrogen-bond acceptors (Lipinski definition) is 5. The number of amides is 1. The summed E-state index contributed by atoms with van der Waals surface area (Å²) in [4.78, 5) is 31.2. The van der Waals surface area contributed by atoms with E-state index in [-0.39, 0.29) is 25.1 Å². The first-order valence-electron chi connectivity index (χ1n) is 11.2. The van der Waals surface area contributed by atoms with Crippen molar-refractivity contribution in [1.29, 1.82) is 0 Å². The lowest BCUT2D eigenvalue weighted by atomic mass is 10.1. The van der Waals surface area contributed by atoms with E-state index in [0.29, 0.717) is 13.0 Å². The highest BCUT2D eigenvalue weighted by Gasteiger charge is 2.35. The van der Waals surface area contributed by atoms with Crippen LogP contribution in [0.3, 0.4) is 0 Å². The number of carbonyl (C=O) groups is 1. The van der Waals surface area contributed by atoms with Crippen LogP contribution in [-0.2, 0) is 26.7 Å². The molecule has 9 heteroatoms. The zero-order valence-corrected chi connectivity index (χ0v) is 19.9. The highest BCUT2D eigenvalue weighted by atomic mass is 31.2. The fraction of sp³-hybridized carbons (Fsp3) is 0.458. The molecule has 1 fully saturated rings. The molecule has 5 N–H and O–H groups in total. The second-order valence-electron chi connectivity index (χ2n) is 8.16. The molecule has 0 atom stereocenters. The smallest absolute Gasteiger partial charge is 0.469 e. The Kier molecular flexibility index (Phi) is 11.0. The molecule has 0 bridgehead atoms. The van der Waals surface area contributed by atoms with Crippen LogP contribution in [0.25, 0.3) is 0 Å². The zero-order chi connectivity index (χ0) is 22.8. The summed E-state index contributed by atoms with van der Waals surface area (Å²) in [6, 6.07) is 18.6. The summed E-state index contributed by atoms with van der Waals surface area (Å²) in [6.45, 7) is 1.19. The third-order valence-corrected chi connectivity index (χ3v) is 6.04. The Labute approximate surface area is 195 Å². The first-order valence-corrected chi connectivity index (χ1v) is 12.7. The van der Waals surface area contributed by atoms with E-state index in [4.69, 9.17) is 14.5 Å². The summed E-state index contributed by atoms with van der Waals surface area (Å²) in [7, 11) is -4.48. The third-order valence-electron chi connectivity index (χ3n) is 5.46. The molecule has 33 heavy (non-hydrogen) atoms. The molecule has 3 rings (SSSR count). The molecule has 0 spiro atoms. The summed E-state index contributed by atoms with van der Waals surface area (Å²) in [6.07, 6.45) is 5.58. The average molecular weight is 479 g/mol. The van der Waals surface area contributed by atoms with Crippen molar-refractivity contribution in [1.82, 2.24) is 11.1 Å². The summed E-state index contributed by atoms with van der Waals surface area (Å²) >= 11 is 0. The van der Waals surface area contributed by atoms with Crippen LogP contribution in [0, 0.1) is 0 Å². The van der Waals surface area contributed by atoms with Crippen LogP contribution >= 0.6 is 7.82 Å². The molecule has 0 radical (unpaired) electrons. The Morgan fingerprint density at radius 2 is 1.61 bits per heavy atom. The summed E-state index contributed by atoms with van der Waals surface area (Å²) in [5.41, 5.74) is 2.55. The maximum atomic E-state index is 12.1. The molecular formula is C24H35N2O6P. The van der Waals surface area contributed by atoms with E-state index in [2.05, 4.69) is 40.9 Å². The van der Waals surface area contributed by atoms with Gasteiger partial charge in [-0.2, -0.15) is 0 Å². The van der Waals surface area contributed by atoms with Crippen LogP contribution in [-0.4, -0.2) is 46.4 Å². The number of nitrogens with zero attached hydrogens (tertiary/aromatic N) is 1. The highest BCUT2D eigenvalue weighted by molar-refractivity contribution is 7.46. The van der Waals surface area contributed by atoms with Crippen LogP contribution in [0.5, 0.6) is 5.75 Å². The minimum atomic E-state index is -4.48. The van der Waals surface area contributed by atoms with Gasteiger partial charge >= 0.3 is 7.82 Å². The van der Waals surface area contributed by atoms with Crippen molar-refractivity contribution in [2.75, 3.05) is 19.7 Å². The van der Waals surface area contributed by atoms with Crippen molar-refractivity contribution in [2.24, 2.45) is 0 Å². The Morgan fingerprint density at radius 3 is 2.33 bits per heavy atom. The molecule has 8 nitrogen and oxygen atoms in total.